The van der Waals surface area contributed by atoms with Crippen LogP contribution in [0.15, 0.2) is 23.1 Å². The summed E-state index contributed by atoms with van der Waals surface area (Å²) in [5.41, 5.74) is 0.705. The molecule has 1 aliphatic carbocycles. The van der Waals surface area contributed by atoms with Crippen LogP contribution in [0.3, 0.4) is 0 Å². The van der Waals surface area contributed by atoms with E-state index in [0.717, 1.165) is 12.8 Å². The van der Waals surface area contributed by atoms with Crippen molar-refractivity contribution in [2.75, 3.05) is 20.2 Å². The average Bonchev–Trinajstić information content (AvgIpc) is 2.43. The monoisotopic (exact) mass is 331 g/mol. The number of hydrogen-bond donors (Lipinski definition) is 0. The molecule has 0 heterocycles. The van der Waals surface area contributed by atoms with Crippen LogP contribution in [-0.2, 0) is 15.9 Å². The van der Waals surface area contributed by atoms with Crippen molar-refractivity contribution in [1.29, 1.82) is 0 Å². The standard InChI is InChI=1S/C15H22ClNO3S/c1-3-20-15-8-7-14(9-13(15)10-16)21(18,19)17(2)11-12-5-4-6-12/h7-9,12H,3-6,10-11H2,1-2H3. The highest BCUT2D eigenvalue weighted by molar-refractivity contribution is 7.89. The minimum absolute atomic E-state index is 0.227. The van der Waals surface area contributed by atoms with Crippen molar-refractivity contribution in [2.24, 2.45) is 5.92 Å². The fraction of sp³-hybridized carbons (Fsp3) is 0.600. The Morgan fingerprint density at radius 1 is 1.38 bits per heavy atom. The molecule has 0 radical (unpaired) electrons. The molecule has 0 aliphatic heterocycles. The van der Waals surface area contributed by atoms with Crippen LogP contribution in [0.4, 0.5) is 0 Å². The molecule has 1 saturated carbocycles. The highest BCUT2D eigenvalue weighted by Crippen LogP contribution is 2.30. The summed E-state index contributed by atoms with van der Waals surface area (Å²) >= 11 is 5.90. The molecule has 6 heteroatoms. The van der Waals surface area contributed by atoms with Crippen molar-refractivity contribution >= 4 is 21.6 Å². The first-order chi connectivity index (χ1) is 9.98. The molecule has 21 heavy (non-hydrogen) atoms. The van der Waals surface area contributed by atoms with Crippen molar-refractivity contribution < 1.29 is 13.2 Å². The van der Waals surface area contributed by atoms with E-state index in [1.807, 2.05) is 6.92 Å². The molecule has 0 N–H and O–H groups in total. The summed E-state index contributed by atoms with van der Waals surface area (Å²) in [6.07, 6.45) is 3.45. The fourth-order valence-corrected chi connectivity index (χ4v) is 3.94. The zero-order valence-electron chi connectivity index (χ0n) is 12.5. The molecule has 0 saturated heterocycles. The Labute approximate surface area is 132 Å². The molecule has 118 valence electrons. The minimum atomic E-state index is -3.46. The van der Waals surface area contributed by atoms with Gasteiger partial charge in [-0.3, -0.25) is 0 Å². The number of rotatable bonds is 7. The Balaban J connectivity index is 2.22. The number of benzene rings is 1. The molecule has 1 aromatic carbocycles. The van der Waals surface area contributed by atoms with Crippen LogP contribution in [0.2, 0.25) is 0 Å². The molecule has 1 fully saturated rings. The van der Waals surface area contributed by atoms with E-state index in [2.05, 4.69) is 0 Å². The van der Waals surface area contributed by atoms with Gasteiger partial charge in [0.05, 0.1) is 17.4 Å². The normalized spacial score (nSPS) is 16.0. The van der Waals surface area contributed by atoms with Crippen LogP contribution in [0.5, 0.6) is 5.75 Å². The lowest BCUT2D eigenvalue weighted by Crippen LogP contribution is -2.34. The molecule has 0 amide bonds. The van der Waals surface area contributed by atoms with Gasteiger partial charge in [-0.2, -0.15) is 0 Å². The molecule has 0 spiro atoms. The lowest BCUT2D eigenvalue weighted by Gasteiger charge is -2.29. The van der Waals surface area contributed by atoms with E-state index in [9.17, 15) is 8.42 Å². The van der Waals surface area contributed by atoms with E-state index in [1.54, 1.807) is 25.2 Å². The van der Waals surface area contributed by atoms with Gasteiger partial charge in [-0.25, -0.2) is 12.7 Å². The first-order valence-electron chi connectivity index (χ1n) is 7.27. The van der Waals surface area contributed by atoms with Crippen LogP contribution >= 0.6 is 11.6 Å². The van der Waals surface area contributed by atoms with Crippen molar-refractivity contribution in [3.05, 3.63) is 23.8 Å². The second kappa shape index (κ2) is 6.99. The van der Waals surface area contributed by atoms with Gasteiger partial charge < -0.3 is 4.74 Å². The van der Waals surface area contributed by atoms with Crippen LogP contribution in [0, 0.1) is 5.92 Å². The zero-order valence-corrected chi connectivity index (χ0v) is 14.1. The molecule has 1 aromatic rings. The number of nitrogens with zero attached hydrogens (tertiary/aromatic N) is 1. The molecule has 0 unspecified atom stereocenters. The van der Waals surface area contributed by atoms with Gasteiger partial charge >= 0.3 is 0 Å². The van der Waals surface area contributed by atoms with Gasteiger partial charge in [0.2, 0.25) is 10.0 Å². The highest BCUT2D eigenvalue weighted by atomic mass is 35.5. The summed E-state index contributed by atoms with van der Waals surface area (Å²) in [6, 6.07) is 4.89. The van der Waals surface area contributed by atoms with Crippen LogP contribution in [0.1, 0.15) is 31.7 Å². The number of halogens is 1. The Morgan fingerprint density at radius 2 is 2.10 bits per heavy atom. The molecule has 0 aromatic heterocycles. The fourth-order valence-electron chi connectivity index (χ4n) is 2.43. The summed E-state index contributed by atoms with van der Waals surface area (Å²) in [5.74, 6) is 1.37. The van der Waals surface area contributed by atoms with Gasteiger partial charge in [-0.05, 0) is 43.9 Å². The number of ether oxygens (including phenoxy) is 1. The topological polar surface area (TPSA) is 46.6 Å². The number of sulfonamides is 1. The smallest absolute Gasteiger partial charge is 0.242 e. The van der Waals surface area contributed by atoms with E-state index < -0.39 is 10.0 Å². The lowest BCUT2D eigenvalue weighted by atomic mass is 9.86. The van der Waals surface area contributed by atoms with E-state index in [4.69, 9.17) is 16.3 Å². The molecule has 2 rings (SSSR count). The third kappa shape index (κ3) is 3.71. The van der Waals surface area contributed by atoms with Crippen molar-refractivity contribution in [3.63, 3.8) is 0 Å². The summed E-state index contributed by atoms with van der Waals surface area (Å²) in [4.78, 5) is 0.281. The zero-order chi connectivity index (χ0) is 15.5. The lowest BCUT2D eigenvalue weighted by molar-refractivity contribution is 0.263. The molecule has 0 bridgehead atoms. The summed E-state index contributed by atoms with van der Waals surface area (Å²) in [7, 11) is -1.81. The largest absolute Gasteiger partial charge is 0.494 e. The third-order valence-corrected chi connectivity index (χ3v) is 6.03. The maximum absolute atomic E-state index is 12.6. The predicted octanol–water partition coefficient (Wildman–Crippen LogP) is 3.24. The summed E-state index contributed by atoms with van der Waals surface area (Å²) < 4.78 is 32.1. The maximum atomic E-state index is 12.6. The van der Waals surface area contributed by atoms with E-state index >= 15 is 0 Å². The SMILES string of the molecule is CCOc1ccc(S(=O)(=O)N(C)CC2CCC2)cc1CCl. The molecule has 1 aliphatic rings. The van der Waals surface area contributed by atoms with E-state index in [1.165, 1.54) is 10.7 Å². The quantitative estimate of drug-likeness (QED) is 0.720. The Hall–Kier alpha value is -0.780. The van der Waals surface area contributed by atoms with Gasteiger partial charge in [-0.15, -0.1) is 11.6 Å². The van der Waals surface area contributed by atoms with Gasteiger partial charge in [0, 0.05) is 19.2 Å². The summed E-state index contributed by atoms with van der Waals surface area (Å²) in [5, 5.41) is 0. The van der Waals surface area contributed by atoms with Gasteiger partial charge in [0.15, 0.2) is 0 Å². The number of alkyl halides is 1. The van der Waals surface area contributed by atoms with E-state index in [0.29, 0.717) is 30.4 Å². The third-order valence-electron chi connectivity index (χ3n) is 3.92. The molecule has 0 atom stereocenters. The van der Waals surface area contributed by atoms with E-state index in [-0.39, 0.29) is 10.8 Å². The first-order valence-corrected chi connectivity index (χ1v) is 9.24. The Bertz CT molecular complexity index is 585. The molecular formula is C15H22ClNO3S. The Morgan fingerprint density at radius 3 is 2.62 bits per heavy atom. The number of hydrogen-bond acceptors (Lipinski definition) is 3. The average molecular weight is 332 g/mol. The first kappa shape index (κ1) is 16.6. The predicted molar refractivity (Wildman–Crippen MR) is 84.3 cm³/mol. The summed E-state index contributed by atoms with van der Waals surface area (Å²) in [6.45, 7) is 3.00. The van der Waals surface area contributed by atoms with Gasteiger partial charge in [0.1, 0.15) is 5.75 Å². The van der Waals surface area contributed by atoms with Gasteiger partial charge in [-0.1, -0.05) is 6.42 Å². The van der Waals surface area contributed by atoms with Crippen LogP contribution in [0.25, 0.3) is 0 Å². The molecular weight excluding hydrogens is 310 g/mol. The second-order valence-corrected chi connectivity index (χ2v) is 7.73. The van der Waals surface area contributed by atoms with Gasteiger partial charge in [0.25, 0.3) is 0 Å². The minimum Gasteiger partial charge on any atom is -0.494 e. The highest BCUT2D eigenvalue weighted by Gasteiger charge is 2.27. The Kier molecular flexibility index (Phi) is 5.52. The van der Waals surface area contributed by atoms with Crippen molar-refractivity contribution in [3.8, 4) is 5.75 Å². The van der Waals surface area contributed by atoms with Crippen molar-refractivity contribution in [1.82, 2.24) is 4.31 Å². The van der Waals surface area contributed by atoms with Crippen molar-refractivity contribution in [2.45, 2.75) is 37.0 Å². The van der Waals surface area contributed by atoms with Crippen LogP contribution in [-0.4, -0.2) is 32.9 Å². The maximum Gasteiger partial charge on any atom is 0.242 e. The van der Waals surface area contributed by atoms with Crippen LogP contribution < -0.4 is 4.74 Å². The molecule has 4 nitrogen and oxygen atoms in total. The second-order valence-electron chi connectivity index (χ2n) is 5.42.